The summed E-state index contributed by atoms with van der Waals surface area (Å²) in [4.78, 5) is 12.1. The van der Waals surface area contributed by atoms with Crippen LogP contribution in [0.25, 0.3) is 0 Å². The van der Waals surface area contributed by atoms with Crippen molar-refractivity contribution in [3.63, 3.8) is 0 Å². The van der Waals surface area contributed by atoms with Crippen molar-refractivity contribution >= 4 is 34.9 Å². The molecule has 0 atom stereocenters. The highest BCUT2D eigenvalue weighted by molar-refractivity contribution is 6.32. The molecule has 0 heterocycles. The van der Waals surface area contributed by atoms with Gasteiger partial charge in [-0.05, 0) is 36.8 Å². The van der Waals surface area contributed by atoms with Crippen molar-refractivity contribution in [3.8, 4) is 0 Å². The number of hydrogen-bond acceptors (Lipinski definition) is 5. The minimum absolute atomic E-state index is 0.0901. The van der Waals surface area contributed by atoms with Gasteiger partial charge in [0.15, 0.2) is 0 Å². The molecule has 0 aliphatic heterocycles. The number of carbonyl (C=O) groups is 1. The van der Waals surface area contributed by atoms with E-state index >= 15 is 0 Å². The molecule has 0 bridgehead atoms. The van der Waals surface area contributed by atoms with Crippen LogP contribution in [0.2, 0.25) is 10.0 Å². The second-order valence-corrected chi connectivity index (χ2v) is 5.81. The Morgan fingerprint density at radius 1 is 1.12 bits per heavy atom. The van der Waals surface area contributed by atoms with Crippen LogP contribution in [0.1, 0.15) is 12.5 Å². The van der Waals surface area contributed by atoms with Gasteiger partial charge in [-0.1, -0.05) is 47.5 Å². The molecule has 1 N–H and O–H groups in total. The van der Waals surface area contributed by atoms with Crippen LogP contribution in [0.3, 0.4) is 0 Å². The Balaban J connectivity index is 2.32. The number of esters is 1. The standard InChI is InChI=1S/C18H16Cl2N2O3/c1-2-25-18(24)17(22-21-15-6-4-3-5-14(15)20)16(23)11-12-7-9-13(19)10-8-12/h3-10,23H,2,11H2,1H3/b17-16+,22-21?. The van der Waals surface area contributed by atoms with Crippen molar-refractivity contribution < 1.29 is 14.6 Å². The minimum Gasteiger partial charge on any atom is -0.509 e. The van der Waals surface area contributed by atoms with Crippen molar-refractivity contribution in [2.24, 2.45) is 10.2 Å². The SMILES string of the molecule is CCOC(=O)/C(N=Nc1ccccc1Cl)=C(\O)Cc1ccc(Cl)cc1. The van der Waals surface area contributed by atoms with Crippen molar-refractivity contribution in [3.05, 3.63) is 75.6 Å². The summed E-state index contributed by atoms with van der Waals surface area (Å²) in [5, 5.41) is 19.1. The highest BCUT2D eigenvalue weighted by Gasteiger charge is 2.17. The number of hydrogen-bond donors (Lipinski definition) is 1. The highest BCUT2D eigenvalue weighted by Crippen LogP contribution is 2.25. The predicted molar refractivity (Wildman–Crippen MR) is 97.4 cm³/mol. The maximum Gasteiger partial charge on any atom is 0.362 e. The van der Waals surface area contributed by atoms with Crippen molar-refractivity contribution in [2.45, 2.75) is 13.3 Å². The molecule has 7 heteroatoms. The molecular weight excluding hydrogens is 363 g/mol. The topological polar surface area (TPSA) is 71.2 Å². The van der Waals surface area contributed by atoms with Crippen molar-refractivity contribution in [2.75, 3.05) is 6.61 Å². The van der Waals surface area contributed by atoms with Gasteiger partial charge in [0.2, 0.25) is 5.70 Å². The largest absolute Gasteiger partial charge is 0.509 e. The number of aliphatic hydroxyl groups excluding tert-OH is 1. The summed E-state index contributed by atoms with van der Waals surface area (Å²) < 4.78 is 4.94. The average Bonchev–Trinajstić information content (AvgIpc) is 2.59. The number of carbonyl (C=O) groups excluding carboxylic acids is 1. The molecule has 0 aliphatic rings. The molecule has 2 aromatic carbocycles. The molecular formula is C18H16Cl2N2O3. The Kier molecular flexibility index (Phi) is 6.98. The van der Waals surface area contributed by atoms with Crippen LogP contribution < -0.4 is 0 Å². The van der Waals surface area contributed by atoms with Crippen LogP contribution in [0.15, 0.2) is 70.2 Å². The molecule has 0 aromatic heterocycles. The Morgan fingerprint density at radius 2 is 1.80 bits per heavy atom. The fraction of sp³-hybridized carbons (Fsp3) is 0.167. The van der Waals surface area contributed by atoms with Crippen LogP contribution in [-0.2, 0) is 16.0 Å². The van der Waals surface area contributed by atoms with E-state index in [9.17, 15) is 9.90 Å². The summed E-state index contributed by atoms with van der Waals surface area (Å²) in [6.45, 7) is 1.81. The lowest BCUT2D eigenvalue weighted by molar-refractivity contribution is -0.138. The van der Waals surface area contributed by atoms with Gasteiger partial charge in [0.1, 0.15) is 11.4 Å². The number of azo groups is 1. The lowest BCUT2D eigenvalue weighted by Crippen LogP contribution is -2.09. The number of nitrogens with zero attached hydrogens (tertiary/aromatic N) is 2. The molecule has 0 amide bonds. The maximum atomic E-state index is 12.1. The van der Waals surface area contributed by atoms with Crippen LogP contribution in [-0.4, -0.2) is 17.7 Å². The molecule has 2 aromatic rings. The van der Waals surface area contributed by atoms with E-state index in [1.807, 2.05) is 0 Å². The van der Waals surface area contributed by atoms with Crippen LogP contribution >= 0.6 is 23.2 Å². The Hall–Kier alpha value is -2.37. The molecule has 0 radical (unpaired) electrons. The number of rotatable bonds is 6. The van der Waals surface area contributed by atoms with Gasteiger partial charge in [-0.25, -0.2) is 4.79 Å². The van der Waals surface area contributed by atoms with E-state index in [4.69, 9.17) is 27.9 Å². The lowest BCUT2D eigenvalue weighted by Gasteiger charge is -2.06. The van der Waals surface area contributed by atoms with Gasteiger partial charge in [0, 0.05) is 11.4 Å². The first-order valence-electron chi connectivity index (χ1n) is 7.51. The summed E-state index contributed by atoms with van der Waals surface area (Å²) in [6, 6.07) is 13.7. The van der Waals surface area contributed by atoms with Gasteiger partial charge in [0.25, 0.3) is 0 Å². The fourth-order valence-electron chi connectivity index (χ4n) is 1.93. The van der Waals surface area contributed by atoms with E-state index in [1.54, 1.807) is 55.5 Å². The number of aliphatic hydroxyl groups is 1. The van der Waals surface area contributed by atoms with Gasteiger partial charge in [-0.15, -0.1) is 10.2 Å². The minimum atomic E-state index is -0.759. The van der Waals surface area contributed by atoms with Gasteiger partial charge in [0.05, 0.1) is 11.6 Å². The quantitative estimate of drug-likeness (QED) is 0.305. The monoisotopic (exact) mass is 378 g/mol. The normalized spacial score (nSPS) is 12.1. The van der Waals surface area contributed by atoms with E-state index in [1.165, 1.54) is 0 Å². The Labute approximate surface area is 155 Å². The lowest BCUT2D eigenvalue weighted by atomic mass is 10.1. The van der Waals surface area contributed by atoms with Gasteiger partial charge < -0.3 is 9.84 Å². The molecule has 2 rings (SSSR count). The van der Waals surface area contributed by atoms with Gasteiger partial charge >= 0.3 is 5.97 Å². The maximum absolute atomic E-state index is 12.1. The first-order chi connectivity index (χ1) is 12.0. The fourth-order valence-corrected chi connectivity index (χ4v) is 2.23. The smallest absolute Gasteiger partial charge is 0.362 e. The van der Waals surface area contributed by atoms with E-state index in [0.717, 1.165) is 5.56 Å². The predicted octanol–water partition coefficient (Wildman–Crippen LogP) is 5.65. The van der Waals surface area contributed by atoms with Gasteiger partial charge in [-0.2, -0.15) is 0 Å². The first-order valence-corrected chi connectivity index (χ1v) is 8.26. The van der Waals surface area contributed by atoms with Crippen molar-refractivity contribution in [1.82, 2.24) is 0 Å². The Bertz CT molecular complexity index is 802. The number of halogens is 2. The van der Waals surface area contributed by atoms with Crippen LogP contribution in [0, 0.1) is 0 Å². The second-order valence-electron chi connectivity index (χ2n) is 4.97. The zero-order valence-corrected chi connectivity index (χ0v) is 15.0. The Morgan fingerprint density at radius 3 is 2.44 bits per heavy atom. The molecule has 0 spiro atoms. The summed E-state index contributed by atoms with van der Waals surface area (Å²) in [7, 11) is 0. The van der Waals surface area contributed by atoms with E-state index in [2.05, 4.69) is 10.2 Å². The zero-order chi connectivity index (χ0) is 18.2. The molecule has 25 heavy (non-hydrogen) atoms. The number of allylic oxidation sites excluding steroid dienone is 1. The number of benzene rings is 2. The molecule has 130 valence electrons. The van der Waals surface area contributed by atoms with E-state index in [0.29, 0.717) is 15.7 Å². The van der Waals surface area contributed by atoms with Crippen LogP contribution in [0.5, 0.6) is 0 Å². The summed E-state index contributed by atoms with van der Waals surface area (Å²) in [5.74, 6) is -1.01. The third kappa shape index (κ3) is 5.59. The highest BCUT2D eigenvalue weighted by atomic mass is 35.5. The summed E-state index contributed by atoms with van der Waals surface area (Å²) >= 11 is 11.9. The summed E-state index contributed by atoms with van der Waals surface area (Å²) in [5.41, 5.74) is 0.874. The third-order valence-electron chi connectivity index (χ3n) is 3.14. The third-order valence-corrected chi connectivity index (χ3v) is 3.71. The summed E-state index contributed by atoms with van der Waals surface area (Å²) in [6.07, 6.45) is 0.0901. The number of ether oxygens (including phenoxy) is 1. The first kappa shape index (κ1) is 19.0. The van der Waals surface area contributed by atoms with E-state index in [-0.39, 0.29) is 24.5 Å². The van der Waals surface area contributed by atoms with E-state index < -0.39 is 5.97 Å². The molecule has 0 aliphatic carbocycles. The van der Waals surface area contributed by atoms with Gasteiger partial charge in [-0.3, -0.25) is 0 Å². The van der Waals surface area contributed by atoms with Crippen LogP contribution in [0.4, 0.5) is 5.69 Å². The molecule has 0 saturated carbocycles. The second kappa shape index (κ2) is 9.20. The average molecular weight is 379 g/mol. The molecule has 5 nitrogen and oxygen atoms in total. The molecule has 0 unspecified atom stereocenters. The molecule has 0 saturated heterocycles. The zero-order valence-electron chi connectivity index (χ0n) is 13.4. The van der Waals surface area contributed by atoms with Crippen molar-refractivity contribution in [1.29, 1.82) is 0 Å². The molecule has 0 fully saturated rings.